The molecular weight excluding hydrogens is 282 g/mol. The minimum Gasteiger partial charge on any atom is -0.481 e. The lowest BCUT2D eigenvalue weighted by Gasteiger charge is -2.42. The molecule has 1 heterocycles. The minimum absolute atomic E-state index is 0.0118. The van der Waals surface area contributed by atoms with Crippen LogP contribution >= 0.6 is 0 Å². The van der Waals surface area contributed by atoms with Gasteiger partial charge in [-0.05, 0) is 30.4 Å². The molecule has 0 radical (unpaired) electrons. The highest BCUT2D eigenvalue weighted by Gasteiger charge is 2.41. The maximum absolute atomic E-state index is 12.6. The Morgan fingerprint density at radius 3 is 2.68 bits per heavy atom. The summed E-state index contributed by atoms with van der Waals surface area (Å²) in [4.78, 5) is 25.8. The molecule has 0 spiro atoms. The van der Waals surface area contributed by atoms with E-state index in [1.165, 1.54) is 0 Å². The second-order valence-electron chi connectivity index (χ2n) is 6.28. The Kier molecular flexibility index (Phi) is 3.91. The van der Waals surface area contributed by atoms with Crippen molar-refractivity contribution in [3.05, 3.63) is 35.4 Å². The second-order valence-corrected chi connectivity index (χ2v) is 6.28. The number of ether oxygens (including phenoxy) is 1. The van der Waals surface area contributed by atoms with Crippen LogP contribution < -0.4 is 0 Å². The van der Waals surface area contributed by atoms with E-state index >= 15 is 0 Å². The standard InChI is InChI=1S/C17H21NO4/c1-22-17(7-4-8-17)9-15(19)18-10-12-5-2-3-6-13(12)14(11-18)16(20)21/h2-3,5-6,14H,4,7-11H2,1H3,(H,20,21). The Morgan fingerprint density at radius 1 is 1.36 bits per heavy atom. The first kappa shape index (κ1) is 15.0. The van der Waals surface area contributed by atoms with Gasteiger partial charge in [-0.1, -0.05) is 24.3 Å². The summed E-state index contributed by atoms with van der Waals surface area (Å²) >= 11 is 0. The molecule has 1 fully saturated rings. The molecule has 2 aliphatic rings. The molecule has 5 heteroatoms. The first-order valence-electron chi connectivity index (χ1n) is 7.68. The number of rotatable bonds is 4. The highest BCUT2D eigenvalue weighted by molar-refractivity contribution is 5.82. The zero-order valence-electron chi connectivity index (χ0n) is 12.7. The normalized spacial score (nSPS) is 22.6. The lowest BCUT2D eigenvalue weighted by molar-refractivity contribution is -0.147. The average Bonchev–Trinajstić information content (AvgIpc) is 2.49. The zero-order chi connectivity index (χ0) is 15.7. The van der Waals surface area contributed by atoms with E-state index in [-0.39, 0.29) is 18.1 Å². The van der Waals surface area contributed by atoms with Crippen molar-refractivity contribution in [1.29, 1.82) is 0 Å². The number of amides is 1. The van der Waals surface area contributed by atoms with Gasteiger partial charge in [-0.3, -0.25) is 9.59 Å². The predicted molar refractivity (Wildman–Crippen MR) is 80.4 cm³/mol. The first-order chi connectivity index (χ1) is 10.5. The topological polar surface area (TPSA) is 66.8 Å². The Labute approximate surface area is 129 Å². The summed E-state index contributed by atoms with van der Waals surface area (Å²) in [6.45, 7) is 0.726. The molecule has 1 aromatic carbocycles. The van der Waals surface area contributed by atoms with E-state index in [1.807, 2.05) is 24.3 Å². The fraction of sp³-hybridized carbons (Fsp3) is 0.529. The monoisotopic (exact) mass is 303 g/mol. The fourth-order valence-corrected chi connectivity index (χ4v) is 3.42. The van der Waals surface area contributed by atoms with Crippen molar-refractivity contribution in [2.75, 3.05) is 13.7 Å². The van der Waals surface area contributed by atoms with Crippen LogP contribution in [0.1, 0.15) is 42.7 Å². The summed E-state index contributed by atoms with van der Waals surface area (Å²) in [5, 5.41) is 9.46. The first-order valence-corrected chi connectivity index (χ1v) is 7.68. The molecule has 1 atom stereocenters. The Bertz CT molecular complexity index is 589. The molecule has 0 saturated heterocycles. The number of carbonyl (C=O) groups excluding carboxylic acids is 1. The van der Waals surface area contributed by atoms with Crippen molar-refractivity contribution in [3.8, 4) is 0 Å². The van der Waals surface area contributed by atoms with Gasteiger partial charge in [-0.2, -0.15) is 0 Å². The van der Waals surface area contributed by atoms with Crippen LogP contribution in [-0.4, -0.2) is 41.1 Å². The summed E-state index contributed by atoms with van der Waals surface area (Å²) in [7, 11) is 1.65. The van der Waals surface area contributed by atoms with Crippen LogP contribution in [0.2, 0.25) is 0 Å². The molecule has 3 rings (SSSR count). The fourth-order valence-electron chi connectivity index (χ4n) is 3.42. The summed E-state index contributed by atoms with van der Waals surface area (Å²) in [5.74, 6) is -1.54. The minimum atomic E-state index is -0.880. The van der Waals surface area contributed by atoms with Crippen LogP contribution in [0.5, 0.6) is 0 Å². The SMILES string of the molecule is COC1(CC(=O)N2Cc3ccccc3C(C(=O)O)C2)CCC1. The molecule has 1 unspecified atom stereocenters. The van der Waals surface area contributed by atoms with Crippen molar-refractivity contribution in [3.63, 3.8) is 0 Å². The van der Waals surface area contributed by atoms with Crippen molar-refractivity contribution in [2.45, 2.75) is 43.7 Å². The van der Waals surface area contributed by atoms with Gasteiger partial charge >= 0.3 is 5.97 Å². The number of hydrogen-bond acceptors (Lipinski definition) is 3. The van der Waals surface area contributed by atoms with Crippen molar-refractivity contribution >= 4 is 11.9 Å². The lowest BCUT2D eigenvalue weighted by Crippen LogP contribution is -2.47. The molecular formula is C17H21NO4. The van der Waals surface area contributed by atoms with E-state index in [1.54, 1.807) is 12.0 Å². The van der Waals surface area contributed by atoms with E-state index in [0.29, 0.717) is 13.0 Å². The predicted octanol–water partition coefficient (Wildman–Crippen LogP) is 2.16. The summed E-state index contributed by atoms with van der Waals surface area (Å²) in [5.41, 5.74) is 1.42. The van der Waals surface area contributed by atoms with Crippen LogP contribution in [0.25, 0.3) is 0 Å². The van der Waals surface area contributed by atoms with Gasteiger partial charge in [0, 0.05) is 20.2 Å². The molecule has 22 heavy (non-hydrogen) atoms. The van der Waals surface area contributed by atoms with Gasteiger partial charge in [-0.15, -0.1) is 0 Å². The van der Waals surface area contributed by atoms with Gasteiger partial charge in [0.2, 0.25) is 5.91 Å². The largest absolute Gasteiger partial charge is 0.481 e. The van der Waals surface area contributed by atoms with Gasteiger partial charge in [-0.25, -0.2) is 0 Å². The number of fused-ring (bicyclic) bond motifs is 1. The van der Waals surface area contributed by atoms with Gasteiger partial charge < -0.3 is 14.7 Å². The van der Waals surface area contributed by atoms with Crippen LogP contribution in [0, 0.1) is 0 Å². The molecule has 1 saturated carbocycles. The number of benzene rings is 1. The van der Waals surface area contributed by atoms with E-state index in [4.69, 9.17) is 4.74 Å². The second kappa shape index (κ2) is 5.72. The van der Waals surface area contributed by atoms with Gasteiger partial charge in [0.05, 0.1) is 17.9 Å². The van der Waals surface area contributed by atoms with Crippen molar-refractivity contribution in [1.82, 2.24) is 4.90 Å². The molecule has 5 nitrogen and oxygen atoms in total. The summed E-state index contributed by atoms with van der Waals surface area (Å²) in [6.07, 6.45) is 3.24. The third kappa shape index (κ3) is 2.61. The van der Waals surface area contributed by atoms with Gasteiger partial charge in [0.25, 0.3) is 0 Å². The van der Waals surface area contributed by atoms with Crippen LogP contribution in [0.3, 0.4) is 0 Å². The van der Waals surface area contributed by atoms with Gasteiger partial charge in [0.1, 0.15) is 0 Å². The quantitative estimate of drug-likeness (QED) is 0.925. The number of methoxy groups -OCH3 is 1. The van der Waals surface area contributed by atoms with Gasteiger partial charge in [0.15, 0.2) is 0 Å². The van der Waals surface area contributed by atoms with Crippen LogP contribution in [0.15, 0.2) is 24.3 Å². The zero-order valence-corrected chi connectivity index (χ0v) is 12.7. The number of carboxylic acids is 1. The summed E-state index contributed by atoms with van der Waals surface area (Å²) < 4.78 is 5.52. The molecule has 1 aliphatic heterocycles. The number of hydrogen-bond donors (Lipinski definition) is 1. The average molecular weight is 303 g/mol. The van der Waals surface area contributed by atoms with Crippen molar-refractivity contribution < 1.29 is 19.4 Å². The van der Waals surface area contributed by atoms with E-state index in [0.717, 1.165) is 30.4 Å². The molecule has 1 aliphatic carbocycles. The molecule has 1 aromatic rings. The highest BCUT2D eigenvalue weighted by Crippen LogP contribution is 2.39. The van der Waals surface area contributed by atoms with Crippen molar-refractivity contribution in [2.24, 2.45) is 0 Å². The molecule has 1 N–H and O–H groups in total. The third-order valence-electron chi connectivity index (χ3n) is 5.02. The Hall–Kier alpha value is -1.88. The Balaban J connectivity index is 1.78. The lowest BCUT2D eigenvalue weighted by atomic mass is 9.77. The van der Waals surface area contributed by atoms with Crippen LogP contribution in [0.4, 0.5) is 0 Å². The number of carbonyl (C=O) groups is 2. The molecule has 118 valence electrons. The highest BCUT2D eigenvalue weighted by atomic mass is 16.5. The third-order valence-corrected chi connectivity index (χ3v) is 5.02. The number of aliphatic carboxylic acids is 1. The maximum atomic E-state index is 12.6. The molecule has 0 aromatic heterocycles. The molecule has 1 amide bonds. The number of carboxylic acid groups (broad SMARTS) is 1. The van der Waals surface area contributed by atoms with E-state index in [2.05, 4.69) is 0 Å². The maximum Gasteiger partial charge on any atom is 0.312 e. The van der Waals surface area contributed by atoms with E-state index in [9.17, 15) is 14.7 Å². The molecule has 0 bridgehead atoms. The smallest absolute Gasteiger partial charge is 0.312 e. The van der Waals surface area contributed by atoms with Crippen LogP contribution in [-0.2, 0) is 20.9 Å². The van der Waals surface area contributed by atoms with E-state index < -0.39 is 11.9 Å². The number of nitrogens with zero attached hydrogens (tertiary/aromatic N) is 1. The summed E-state index contributed by atoms with van der Waals surface area (Å²) in [6, 6.07) is 7.48. The Morgan fingerprint density at radius 2 is 2.09 bits per heavy atom.